The van der Waals surface area contributed by atoms with Crippen LogP contribution in [-0.2, 0) is 17.7 Å². The minimum Gasteiger partial charge on any atom is -0.351 e. The van der Waals surface area contributed by atoms with Crippen LogP contribution in [0.3, 0.4) is 0 Å². The highest BCUT2D eigenvalue weighted by Gasteiger charge is 2.45. The first-order valence-corrected chi connectivity index (χ1v) is 12.0. The topological polar surface area (TPSA) is 36.9 Å². The largest absolute Gasteiger partial charge is 0.679 e. The smallest absolute Gasteiger partial charge is 0.351 e. The van der Waals surface area contributed by atoms with Gasteiger partial charge in [0, 0.05) is 32.3 Å². The van der Waals surface area contributed by atoms with Crippen LogP contribution in [0.4, 0.5) is 0 Å². The van der Waals surface area contributed by atoms with Crippen LogP contribution in [0.1, 0.15) is 85.0 Å². The van der Waals surface area contributed by atoms with Gasteiger partial charge in [0.25, 0.3) is 0 Å². The van der Waals surface area contributed by atoms with Crippen molar-refractivity contribution in [3.8, 4) is 0 Å². The lowest BCUT2D eigenvalue weighted by molar-refractivity contribution is -0.0366. The van der Waals surface area contributed by atoms with Crippen molar-refractivity contribution in [2.24, 2.45) is 0 Å². The van der Waals surface area contributed by atoms with E-state index in [4.69, 9.17) is 29.3 Å². The fourth-order valence-corrected chi connectivity index (χ4v) is 4.34. The Morgan fingerprint density at radius 2 is 0.875 bits per heavy atom. The molecule has 0 aromatic carbocycles. The molecule has 0 fully saturated rings. The van der Waals surface area contributed by atoms with Gasteiger partial charge in [-0.15, -0.1) is 11.6 Å². The van der Waals surface area contributed by atoms with Gasteiger partial charge in [-0.1, -0.05) is 59.3 Å². The Kier molecular flexibility index (Phi) is 18.4. The van der Waals surface area contributed by atoms with E-state index in [2.05, 4.69) is 20.8 Å². The monoisotopic (exact) mass is 382 g/mol. The van der Waals surface area contributed by atoms with Crippen LogP contribution >= 0.6 is 11.6 Å². The molecule has 0 spiro atoms. The van der Waals surface area contributed by atoms with Gasteiger partial charge >= 0.3 is 9.05 Å². The van der Waals surface area contributed by atoms with Crippen molar-refractivity contribution in [3.63, 3.8) is 0 Å². The van der Waals surface area contributed by atoms with Crippen LogP contribution in [0.15, 0.2) is 0 Å². The van der Waals surface area contributed by atoms with E-state index in [1.54, 1.807) is 0 Å². The van der Waals surface area contributed by atoms with Crippen molar-refractivity contribution < 1.29 is 17.7 Å². The quantitative estimate of drug-likeness (QED) is 0.163. The van der Waals surface area contributed by atoms with Gasteiger partial charge in [0.2, 0.25) is 0 Å². The standard InChI is InChI=1S/C18H39ClO4Si/c1-4-7-10-15-20-24(23-18-13-14-19,21-16-11-8-5-2)22-17-12-9-6-3/h4-18H2,1-3H3. The summed E-state index contributed by atoms with van der Waals surface area (Å²) in [7, 11) is -3.04. The molecule has 0 aromatic heterocycles. The van der Waals surface area contributed by atoms with Crippen molar-refractivity contribution in [1.29, 1.82) is 0 Å². The zero-order valence-corrected chi connectivity index (χ0v) is 17.9. The van der Waals surface area contributed by atoms with E-state index in [1.165, 1.54) is 19.3 Å². The average Bonchev–Trinajstić information content (AvgIpc) is 2.60. The fourth-order valence-electron chi connectivity index (χ4n) is 2.15. The molecule has 0 aliphatic rings. The summed E-state index contributed by atoms with van der Waals surface area (Å²) in [5.41, 5.74) is 0. The third-order valence-corrected chi connectivity index (χ3v) is 6.13. The molecule has 0 aromatic rings. The molecule has 0 rings (SSSR count). The van der Waals surface area contributed by atoms with E-state index in [0.717, 1.165) is 44.9 Å². The molecule has 0 aliphatic carbocycles. The van der Waals surface area contributed by atoms with Gasteiger partial charge in [-0.05, 0) is 25.7 Å². The summed E-state index contributed by atoms with van der Waals surface area (Å²) in [6, 6.07) is 0. The maximum atomic E-state index is 6.07. The predicted octanol–water partition coefficient (Wildman–Crippen LogP) is 5.69. The zero-order chi connectivity index (χ0) is 17.9. The van der Waals surface area contributed by atoms with E-state index in [1.807, 2.05) is 0 Å². The lowest BCUT2D eigenvalue weighted by Crippen LogP contribution is -2.50. The first-order valence-electron chi connectivity index (χ1n) is 9.86. The highest BCUT2D eigenvalue weighted by atomic mass is 35.5. The maximum Gasteiger partial charge on any atom is 0.679 e. The zero-order valence-electron chi connectivity index (χ0n) is 16.1. The summed E-state index contributed by atoms with van der Waals surface area (Å²) in [6.07, 6.45) is 10.8. The Morgan fingerprint density at radius 1 is 0.542 bits per heavy atom. The molecular weight excluding hydrogens is 344 g/mol. The third kappa shape index (κ3) is 13.6. The highest BCUT2D eigenvalue weighted by molar-refractivity contribution is 6.53. The highest BCUT2D eigenvalue weighted by Crippen LogP contribution is 2.16. The molecule has 0 saturated carbocycles. The molecule has 24 heavy (non-hydrogen) atoms. The van der Waals surface area contributed by atoms with Crippen molar-refractivity contribution in [3.05, 3.63) is 0 Å². The maximum absolute atomic E-state index is 6.07. The van der Waals surface area contributed by atoms with E-state index < -0.39 is 9.05 Å². The van der Waals surface area contributed by atoms with Crippen molar-refractivity contribution >= 4 is 20.6 Å². The summed E-state index contributed by atoms with van der Waals surface area (Å²) in [5.74, 6) is 0.575. The van der Waals surface area contributed by atoms with Gasteiger partial charge in [0.05, 0.1) is 0 Å². The van der Waals surface area contributed by atoms with Crippen molar-refractivity contribution in [2.45, 2.75) is 85.0 Å². The van der Waals surface area contributed by atoms with Gasteiger partial charge in [0.1, 0.15) is 0 Å². The van der Waals surface area contributed by atoms with Gasteiger partial charge in [0.15, 0.2) is 0 Å². The fraction of sp³-hybridized carbons (Fsp3) is 1.00. The number of rotatable bonds is 19. The van der Waals surface area contributed by atoms with Crippen molar-refractivity contribution in [2.75, 3.05) is 32.3 Å². The molecule has 0 aliphatic heterocycles. The van der Waals surface area contributed by atoms with E-state index in [9.17, 15) is 0 Å². The molecule has 0 amide bonds. The van der Waals surface area contributed by atoms with E-state index in [0.29, 0.717) is 32.3 Å². The Balaban J connectivity index is 4.58. The van der Waals surface area contributed by atoms with E-state index >= 15 is 0 Å². The number of hydrogen-bond acceptors (Lipinski definition) is 4. The summed E-state index contributed by atoms with van der Waals surface area (Å²) < 4.78 is 24.2. The second kappa shape index (κ2) is 18.1. The van der Waals surface area contributed by atoms with Gasteiger partial charge in [-0.2, -0.15) is 0 Å². The normalized spacial score (nSPS) is 12.0. The summed E-state index contributed by atoms with van der Waals surface area (Å²) in [5, 5.41) is 0. The van der Waals surface area contributed by atoms with Crippen LogP contribution in [0.5, 0.6) is 0 Å². The predicted molar refractivity (Wildman–Crippen MR) is 103 cm³/mol. The van der Waals surface area contributed by atoms with Crippen LogP contribution in [-0.4, -0.2) is 41.4 Å². The molecule has 6 heteroatoms. The van der Waals surface area contributed by atoms with Crippen LogP contribution < -0.4 is 0 Å². The van der Waals surface area contributed by atoms with Crippen LogP contribution in [0, 0.1) is 0 Å². The first kappa shape index (κ1) is 24.3. The van der Waals surface area contributed by atoms with Crippen LogP contribution in [0.2, 0.25) is 0 Å². The lowest BCUT2D eigenvalue weighted by Gasteiger charge is -2.28. The molecule has 0 heterocycles. The molecular formula is C18H39ClO4Si. The minimum atomic E-state index is -3.04. The Labute approximate surface area is 156 Å². The van der Waals surface area contributed by atoms with E-state index in [-0.39, 0.29) is 0 Å². The number of hydrogen-bond donors (Lipinski definition) is 0. The van der Waals surface area contributed by atoms with Gasteiger partial charge in [-0.3, -0.25) is 0 Å². The summed E-state index contributed by atoms with van der Waals surface area (Å²) in [6.45, 7) is 9.01. The molecule has 0 saturated heterocycles. The SMILES string of the molecule is CCCCCO[Si](OCCCCl)(OCCCCC)OCCCCC. The molecule has 0 atom stereocenters. The third-order valence-electron chi connectivity index (χ3n) is 3.64. The second-order valence-corrected chi connectivity index (χ2v) is 8.59. The molecule has 0 N–H and O–H groups in total. The first-order chi connectivity index (χ1) is 11.7. The summed E-state index contributed by atoms with van der Waals surface area (Å²) >= 11 is 5.78. The minimum absolute atomic E-state index is 0.533. The molecule has 4 nitrogen and oxygen atoms in total. The van der Waals surface area contributed by atoms with Gasteiger partial charge < -0.3 is 17.7 Å². The molecule has 0 bridgehead atoms. The molecule has 0 radical (unpaired) electrons. The number of alkyl halides is 1. The Bertz CT molecular complexity index is 226. The lowest BCUT2D eigenvalue weighted by atomic mass is 10.3. The number of unbranched alkanes of at least 4 members (excludes halogenated alkanes) is 6. The van der Waals surface area contributed by atoms with Crippen molar-refractivity contribution in [1.82, 2.24) is 0 Å². The van der Waals surface area contributed by atoms with Gasteiger partial charge in [-0.25, -0.2) is 0 Å². The molecule has 0 unspecified atom stereocenters. The van der Waals surface area contributed by atoms with Crippen LogP contribution in [0.25, 0.3) is 0 Å². The Hall–Kier alpha value is 0.347. The summed E-state index contributed by atoms with van der Waals surface area (Å²) in [4.78, 5) is 0. The Morgan fingerprint density at radius 3 is 1.17 bits per heavy atom. The second-order valence-electron chi connectivity index (χ2n) is 6.06. The molecule has 146 valence electrons. The number of halogens is 1. The average molecular weight is 383 g/mol.